The number of rotatable bonds is 2. The van der Waals surface area contributed by atoms with Crippen molar-refractivity contribution in [2.45, 2.75) is 26.2 Å². The molecule has 104 valence electrons. The quantitative estimate of drug-likeness (QED) is 0.880. The van der Waals surface area contributed by atoms with Crippen molar-refractivity contribution in [2.24, 2.45) is 0 Å². The Balaban J connectivity index is 2.16. The lowest BCUT2D eigenvalue weighted by Gasteiger charge is -2.19. The van der Waals surface area contributed by atoms with Crippen LogP contribution in [0.4, 0.5) is 5.82 Å². The molecule has 5 nitrogen and oxygen atoms in total. The van der Waals surface area contributed by atoms with Gasteiger partial charge in [0.05, 0.1) is 6.33 Å². The predicted octanol–water partition coefficient (Wildman–Crippen LogP) is 2.32. The average molecular weight is 271 g/mol. The summed E-state index contributed by atoms with van der Waals surface area (Å²) in [6, 6.07) is 8.63. The summed E-state index contributed by atoms with van der Waals surface area (Å²) in [7, 11) is 0. The summed E-state index contributed by atoms with van der Waals surface area (Å²) in [6.45, 7) is 6.34. The molecule has 0 unspecified atom stereocenters. The minimum Gasteiger partial charge on any atom is -0.313 e. The molecule has 20 heavy (non-hydrogen) atoms. The van der Waals surface area contributed by atoms with Crippen molar-refractivity contribution < 1.29 is 4.79 Å². The van der Waals surface area contributed by atoms with Gasteiger partial charge < -0.3 is 10.3 Å². The van der Waals surface area contributed by atoms with Crippen molar-refractivity contribution in [3.63, 3.8) is 0 Å². The number of H-pyrrole nitrogens is 1. The first-order valence-corrected chi connectivity index (χ1v) is 6.33. The van der Waals surface area contributed by atoms with Crippen LogP contribution in [-0.4, -0.2) is 15.9 Å². The van der Waals surface area contributed by atoms with Crippen molar-refractivity contribution >= 4 is 11.7 Å². The summed E-state index contributed by atoms with van der Waals surface area (Å²) in [5.41, 5.74) is 1.42. The Morgan fingerprint density at radius 2 is 1.85 bits per heavy atom. The maximum atomic E-state index is 12.0. The number of nitrogens with zero attached hydrogens (tertiary/aromatic N) is 1. The van der Waals surface area contributed by atoms with Gasteiger partial charge in [-0.05, 0) is 23.1 Å². The van der Waals surface area contributed by atoms with Gasteiger partial charge in [-0.2, -0.15) is 0 Å². The van der Waals surface area contributed by atoms with Gasteiger partial charge in [0, 0.05) is 11.6 Å². The molecule has 1 aromatic heterocycles. The van der Waals surface area contributed by atoms with Crippen LogP contribution in [0.2, 0.25) is 0 Å². The summed E-state index contributed by atoms with van der Waals surface area (Å²) in [5.74, 6) is -0.0535. The van der Waals surface area contributed by atoms with E-state index in [1.165, 1.54) is 12.4 Å². The zero-order valence-corrected chi connectivity index (χ0v) is 11.7. The summed E-state index contributed by atoms with van der Waals surface area (Å²) < 4.78 is 0. The molecule has 2 aromatic rings. The second-order valence-corrected chi connectivity index (χ2v) is 5.58. The van der Waals surface area contributed by atoms with Gasteiger partial charge in [0.1, 0.15) is 5.82 Å². The van der Waals surface area contributed by atoms with Crippen LogP contribution < -0.4 is 10.9 Å². The van der Waals surface area contributed by atoms with E-state index >= 15 is 0 Å². The minimum atomic E-state index is -0.307. The van der Waals surface area contributed by atoms with E-state index in [9.17, 15) is 9.59 Å². The van der Waals surface area contributed by atoms with E-state index < -0.39 is 0 Å². The predicted molar refractivity (Wildman–Crippen MR) is 78.0 cm³/mol. The van der Waals surface area contributed by atoms with Crippen molar-refractivity contribution in [3.8, 4) is 0 Å². The number of aromatic nitrogens is 2. The molecule has 0 aliphatic carbocycles. The first-order valence-electron chi connectivity index (χ1n) is 6.33. The van der Waals surface area contributed by atoms with E-state index in [4.69, 9.17) is 0 Å². The molecule has 1 heterocycles. The zero-order valence-electron chi connectivity index (χ0n) is 11.7. The van der Waals surface area contributed by atoms with Crippen molar-refractivity contribution in [1.29, 1.82) is 0 Å². The van der Waals surface area contributed by atoms with Gasteiger partial charge in [-0.1, -0.05) is 32.9 Å². The zero-order chi connectivity index (χ0) is 14.8. The first-order chi connectivity index (χ1) is 9.36. The summed E-state index contributed by atoms with van der Waals surface area (Å²) >= 11 is 0. The first kappa shape index (κ1) is 14.0. The lowest BCUT2D eigenvalue weighted by Crippen LogP contribution is -2.16. The fourth-order valence-corrected chi connectivity index (χ4v) is 1.75. The molecule has 0 spiro atoms. The molecule has 1 amide bonds. The third-order valence-electron chi connectivity index (χ3n) is 2.93. The van der Waals surface area contributed by atoms with Crippen molar-refractivity contribution in [1.82, 2.24) is 9.97 Å². The monoisotopic (exact) mass is 271 g/mol. The number of carbonyl (C=O) groups excluding carboxylic acids is 1. The van der Waals surface area contributed by atoms with Crippen LogP contribution in [0.5, 0.6) is 0 Å². The van der Waals surface area contributed by atoms with E-state index in [2.05, 4.69) is 36.1 Å². The van der Waals surface area contributed by atoms with Gasteiger partial charge in [-0.15, -0.1) is 0 Å². The number of benzene rings is 1. The lowest BCUT2D eigenvalue weighted by atomic mass is 9.87. The van der Waals surface area contributed by atoms with E-state index in [-0.39, 0.29) is 22.7 Å². The molecule has 0 atom stereocenters. The van der Waals surface area contributed by atoms with Gasteiger partial charge >= 0.3 is 0 Å². The number of hydrogen-bond acceptors (Lipinski definition) is 3. The van der Waals surface area contributed by atoms with Crippen LogP contribution in [0.25, 0.3) is 0 Å². The Morgan fingerprint density at radius 1 is 1.20 bits per heavy atom. The molecule has 0 bridgehead atoms. The topological polar surface area (TPSA) is 74.8 Å². The van der Waals surface area contributed by atoms with Crippen LogP contribution in [0.3, 0.4) is 0 Å². The number of anilines is 1. The van der Waals surface area contributed by atoms with Crippen LogP contribution in [0.15, 0.2) is 41.5 Å². The average Bonchev–Trinajstić information content (AvgIpc) is 2.38. The number of aromatic amines is 1. The van der Waals surface area contributed by atoms with Gasteiger partial charge in [0.15, 0.2) is 0 Å². The molecule has 0 saturated carbocycles. The lowest BCUT2D eigenvalue weighted by molar-refractivity contribution is 0.102. The highest BCUT2D eigenvalue weighted by atomic mass is 16.2. The number of hydrogen-bond donors (Lipinski definition) is 2. The molecule has 2 N–H and O–H groups in total. The third kappa shape index (κ3) is 3.32. The number of amides is 1. The number of nitrogens with one attached hydrogen (secondary N) is 2. The third-order valence-corrected chi connectivity index (χ3v) is 2.93. The van der Waals surface area contributed by atoms with Crippen LogP contribution >= 0.6 is 0 Å². The molecular weight excluding hydrogens is 254 g/mol. The molecule has 0 aliphatic rings. The normalized spacial score (nSPS) is 11.2. The SMILES string of the molecule is CC(C)(C)c1ccc(C(=O)Nc2cc(=O)[nH]cn2)cc1. The van der Waals surface area contributed by atoms with Crippen LogP contribution in [0.1, 0.15) is 36.7 Å². The second kappa shape index (κ2) is 5.28. The molecule has 1 aromatic carbocycles. The Morgan fingerprint density at radius 3 is 2.40 bits per heavy atom. The van der Waals surface area contributed by atoms with Crippen molar-refractivity contribution in [2.75, 3.05) is 5.32 Å². The Labute approximate surface area is 117 Å². The molecule has 0 fully saturated rings. The largest absolute Gasteiger partial charge is 0.313 e. The molecular formula is C15H17N3O2. The van der Waals surface area contributed by atoms with E-state index in [0.29, 0.717) is 5.56 Å². The fraction of sp³-hybridized carbons (Fsp3) is 0.267. The van der Waals surface area contributed by atoms with Gasteiger partial charge in [-0.25, -0.2) is 4.98 Å². The highest BCUT2D eigenvalue weighted by Crippen LogP contribution is 2.22. The highest BCUT2D eigenvalue weighted by molar-refractivity contribution is 6.03. The molecule has 0 aliphatic heterocycles. The second-order valence-electron chi connectivity index (χ2n) is 5.58. The maximum absolute atomic E-state index is 12.0. The van der Waals surface area contributed by atoms with Crippen LogP contribution in [-0.2, 0) is 5.41 Å². The molecule has 5 heteroatoms. The minimum absolute atomic E-state index is 0.0449. The van der Waals surface area contributed by atoms with Gasteiger partial charge in [0.25, 0.3) is 11.5 Å². The van der Waals surface area contributed by atoms with E-state index in [0.717, 1.165) is 5.56 Å². The molecule has 0 radical (unpaired) electrons. The number of carbonyl (C=O) groups is 1. The standard InChI is InChI=1S/C15H17N3O2/c1-15(2,3)11-6-4-10(5-7-11)14(20)18-12-8-13(19)17-9-16-12/h4-9H,1-3H3,(H2,16,17,18,19,20). The Hall–Kier alpha value is -2.43. The van der Waals surface area contributed by atoms with Gasteiger partial charge in [0.2, 0.25) is 0 Å². The summed E-state index contributed by atoms with van der Waals surface area (Å²) in [5, 5.41) is 2.59. The molecule has 0 saturated heterocycles. The van der Waals surface area contributed by atoms with Crippen molar-refractivity contribution in [3.05, 3.63) is 58.1 Å². The maximum Gasteiger partial charge on any atom is 0.256 e. The fourth-order valence-electron chi connectivity index (χ4n) is 1.75. The van der Waals surface area contributed by atoms with Gasteiger partial charge in [-0.3, -0.25) is 9.59 Å². The summed E-state index contributed by atoms with van der Waals surface area (Å²) in [6.07, 6.45) is 1.25. The van der Waals surface area contributed by atoms with E-state index in [1.54, 1.807) is 12.1 Å². The smallest absolute Gasteiger partial charge is 0.256 e. The summed E-state index contributed by atoms with van der Waals surface area (Å²) in [4.78, 5) is 29.4. The Kier molecular flexibility index (Phi) is 3.70. The van der Waals surface area contributed by atoms with Crippen LogP contribution in [0, 0.1) is 0 Å². The highest BCUT2D eigenvalue weighted by Gasteiger charge is 2.14. The Bertz CT molecular complexity index is 667. The molecule has 2 rings (SSSR count). The van der Waals surface area contributed by atoms with E-state index in [1.807, 2.05) is 12.1 Å².